The molecule has 0 aromatic rings. The van der Waals surface area contributed by atoms with Crippen LogP contribution in [0.2, 0.25) is 0 Å². The predicted octanol–water partition coefficient (Wildman–Crippen LogP) is 2.43. The minimum atomic E-state index is -0.599. The molecule has 0 aliphatic heterocycles. The van der Waals surface area contributed by atoms with Crippen LogP contribution in [-0.2, 0) is 4.74 Å². The third kappa shape index (κ3) is 7.67. The summed E-state index contributed by atoms with van der Waals surface area (Å²) in [7, 11) is 0. The molecule has 3 N–H and O–H groups in total. The molecule has 0 aromatic carbocycles. The third-order valence-electron chi connectivity index (χ3n) is 3.80. The highest BCUT2D eigenvalue weighted by molar-refractivity contribution is 5.67. The van der Waals surface area contributed by atoms with Gasteiger partial charge in [-0.3, -0.25) is 0 Å². The molecule has 124 valence electrons. The number of hydrogen-bond donors (Lipinski definition) is 3. The highest BCUT2D eigenvalue weighted by atomic mass is 16.6. The zero-order valence-electron chi connectivity index (χ0n) is 14.2. The Bertz CT molecular complexity index is 341. The molecule has 1 saturated carbocycles. The van der Waals surface area contributed by atoms with E-state index in [9.17, 15) is 9.90 Å². The molecule has 3 unspecified atom stereocenters. The van der Waals surface area contributed by atoms with Gasteiger partial charge in [0.1, 0.15) is 5.60 Å². The Morgan fingerprint density at radius 1 is 1.48 bits per heavy atom. The fourth-order valence-corrected chi connectivity index (χ4v) is 2.78. The van der Waals surface area contributed by atoms with Crippen molar-refractivity contribution >= 4 is 6.09 Å². The van der Waals surface area contributed by atoms with Crippen molar-refractivity contribution in [3.63, 3.8) is 0 Å². The maximum absolute atomic E-state index is 11.6. The minimum Gasteiger partial charge on any atom is -0.444 e. The van der Waals surface area contributed by atoms with Crippen molar-refractivity contribution in [1.29, 1.82) is 0 Å². The summed E-state index contributed by atoms with van der Waals surface area (Å²) in [4.78, 5) is 11.6. The number of carbonyl (C=O) groups is 1. The average Bonchev–Trinajstić information content (AvgIpc) is 2.31. The van der Waals surface area contributed by atoms with Crippen LogP contribution in [-0.4, -0.2) is 41.5 Å². The summed E-state index contributed by atoms with van der Waals surface area (Å²) in [5.41, 5.74) is -1.08. The Kier molecular flexibility index (Phi) is 6.47. The van der Waals surface area contributed by atoms with Gasteiger partial charge in [0.15, 0.2) is 0 Å². The molecule has 5 heteroatoms. The molecule has 0 saturated heterocycles. The van der Waals surface area contributed by atoms with Gasteiger partial charge in [-0.2, -0.15) is 0 Å². The van der Waals surface area contributed by atoms with E-state index in [2.05, 4.69) is 17.6 Å². The number of nitrogens with one attached hydrogen (secondary N) is 2. The zero-order chi connectivity index (χ0) is 16.1. The summed E-state index contributed by atoms with van der Waals surface area (Å²) in [6.07, 6.45) is 3.60. The van der Waals surface area contributed by atoms with Gasteiger partial charge in [-0.25, -0.2) is 4.79 Å². The summed E-state index contributed by atoms with van der Waals surface area (Å²) >= 11 is 0. The Labute approximate surface area is 128 Å². The van der Waals surface area contributed by atoms with Crippen molar-refractivity contribution in [3.05, 3.63) is 0 Å². The summed E-state index contributed by atoms with van der Waals surface area (Å²) in [6.45, 7) is 10.8. The van der Waals surface area contributed by atoms with Crippen LogP contribution in [0.4, 0.5) is 4.79 Å². The van der Waals surface area contributed by atoms with Crippen molar-refractivity contribution in [2.45, 2.75) is 77.5 Å². The molecular weight excluding hydrogens is 268 g/mol. The first kappa shape index (κ1) is 18.2. The minimum absolute atomic E-state index is 0.0961. The van der Waals surface area contributed by atoms with E-state index in [0.717, 1.165) is 19.3 Å². The number of alkyl carbamates (subject to hydrolysis) is 1. The molecule has 0 aromatic heterocycles. The van der Waals surface area contributed by atoms with Gasteiger partial charge in [-0.05, 0) is 46.5 Å². The van der Waals surface area contributed by atoms with E-state index in [0.29, 0.717) is 19.0 Å². The van der Waals surface area contributed by atoms with E-state index >= 15 is 0 Å². The molecule has 21 heavy (non-hydrogen) atoms. The van der Waals surface area contributed by atoms with E-state index in [1.807, 2.05) is 27.7 Å². The Morgan fingerprint density at radius 2 is 2.14 bits per heavy atom. The Morgan fingerprint density at radius 3 is 2.71 bits per heavy atom. The summed E-state index contributed by atoms with van der Waals surface area (Å²) in [6, 6.07) is 0.0961. The second-order valence-electron chi connectivity index (χ2n) is 7.59. The van der Waals surface area contributed by atoms with Crippen LogP contribution in [0.5, 0.6) is 0 Å². The lowest BCUT2D eigenvalue weighted by molar-refractivity contribution is -0.0133. The number of rotatable bonds is 5. The quantitative estimate of drug-likeness (QED) is 0.729. The highest BCUT2D eigenvalue weighted by Gasteiger charge is 2.32. The van der Waals surface area contributed by atoms with E-state index in [4.69, 9.17) is 4.74 Å². The van der Waals surface area contributed by atoms with Gasteiger partial charge in [0, 0.05) is 19.1 Å². The van der Waals surface area contributed by atoms with Gasteiger partial charge in [0.05, 0.1) is 5.60 Å². The summed E-state index contributed by atoms with van der Waals surface area (Å²) in [5.74, 6) is 0.584. The van der Waals surface area contributed by atoms with E-state index in [1.165, 1.54) is 6.42 Å². The van der Waals surface area contributed by atoms with Crippen LogP contribution in [0.25, 0.3) is 0 Å². The van der Waals surface area contributed by atoms with Crippen molar-refractivity contribution in [1.82, 2.24) is 10.6 Å². The fourth-order valence-electron chi connectivity index (χ4n) is 2.78. The van der Waals surface area contributed by atoms with E-state index in [1.54, 1.807) is 0 Å². The topological polar surface area (TPSA) is 70.6 Å². The van der Waals surface area contributed by atoms with Gasteiger partial charge in [0.2, 0.25) is 0 Å². The molecule has 0 radical (unpaired) electrons. The smallest absolute Gasteiger partial charge is 0.407 e. The lowest BCUT2D eigenvalue weighted by Gasteiger charge is -2.36. The average molecular weight is 300 g/mol. The Balaban J connectivity index is 2.24. The largest absolute Gasteiger partial charge is 0.444 e. The number of amides is 1. The first-order valence-corrected chi connectivity index (χ1v) is 8.02. The number of aliphatic hydroxyl groups is 1. The van der Waals surface area contributed by atoms with Crippen LogP contribution >= 0.6 is 0 Å². The highest BCUT2D eigenvalue weighted by Crippen LogP contribution is 2.31. The molecule has 0 spiro atoms. The zero-order valence-corrected chi connectivity index (χ0v) is 14.2. The van der Waals surface area contributed by atoms with Crippen LogP contribution < -0.4 is 10.6 Å². The first-order valence-electron chi connectivity index (χ1n) is 8.02. The van der Waals surface area contributed by atoms with Crippen LogP contribution in [0.15, 0.2) is 0 Å². The van der Waals surface area contributed by atoms with Gasteiger partial charge in [0.25, 0.3) is 0 Å². The predicted molar refractivity (Wildman–Crippen MR) is 84.3 cm³/mol. The van der Waals surface area contributed by atoms with Gasteiger partial charge < -0.3 is 20.5 Å². The maximum atomic E-state index is 11.6. The third-order valence-corrected chi connectivity index (χ3v) is 3.80. The van der Waals surface area contributed by atoms with Crippen molar-refractivity contribution in [3.8, 4) is 0 Å². The molecule has 0 bridgehead atoms. The molecule has 5 nitrogen and oxygen atoms in total. The van der Waals surface area contributed by atoms with Crippen molar-refractivity contribution in [2.24, 2.45) is 5.92 Å². The second-order valence-corrected chi connectivity index (χ2v) is 7.59. The van der Waals surface area contributed by atoms with Crippen molar-refractivity contribution in [2.75, 3.05) is 13.1 Å². The maximum Gasteiger partial charge on any atom is 0.407 e. The molecule has 0 heterocycles. The summed E-state index contributed by atoms with van der Waals surface area (Å²) in [5, 5.41) is 16.6. The van der Waals surface area contributed by atoms with Crippen molar-refractivity contribution < 1.29 is 14.6 Å². The molecular formula is C16H32N2O3. The van der Waals surface area contributed by atoms with Crippen LogP contribution in [0.3, 0.4) is 0 Å². The molecule has 3 atom stereocenters. The number of carbonyl (C=O) groups excluding carboxylic acids is 1. The normalized spacial score (nSPS) is 28.0. The lowest BCUT2D eigenvalue weighted by Crippen LogP contribution is -2.49. The number of ether oxygens (including phenoxy) is 1. The van der Waals surface area contributed by atoms with Gasteiger partial charge in [-0.15, -0.1) is 0 Å². The number of hydrogen-bond acceptors (Lipinski definition) is 4. The molecule has 1 aliphatic carbocycles. The first-order chi connectivity index (χ1) is 9.60. The SMILES string of the molecule is CC1CCCC(O)(CNC(C)CNC(=O)OC(C)(C)C)C1. The Hall–Kier alpha value is -0.810. The van der Waals surface area contributed by atoms with Gasteiger partial charge in [-0.1, -0.05) is 19.8 Å². The van der Waals surface area contributed by atoms with Gasteiger partial charge >= 0.3 is 6.09 Å². The second kappa shape index (κ2) is 7.45. The lowest BCUT2D eigenvalue weighted by atomic mass is 9.79. The fraction of sp³-hybridized carbons (Fsp3) is 0.938. The molecule has 1 amide bonds. The van der Waals surface area contributed by atoms with E-state index < -0.39 is 17.3 Å². The molecule has 1 fully saturated rings. The molecule has 1 rings (SSSR count). The van der Waals surface area contributed by atoms with E-state index in [-0.39, 0.29) is 6.04 Å². The van der Waals surface area contributed by atoms with Crippen LogP contribution in [0, 0.1) is 5.92 Å². The summed E-state index contributed by atoms with van der Waals surface area (Å²) < 4.78 is 5.19. The molecule has 1 aliphatic rings. The van der Waals surface area contributed by atoms with Crippen LogP contribution in [0.1, 0.15) is 60.3 Å². The monoisotopic (exact) mass is 300 g/mol. The standard InChI is InChI=1S/C16H32N2O3/c1-12-7-6-8-16(20,9-12)11-18-13(2)10-17-14(19)21-15(3,4)5/h12-13,18,20H,6-11H2,1-5H3,(H,17,19).